The van der Waals surface area contributed by atoms with Gasteiger partial charge >= 0.3 is 0 Å². The van der Waals surface area contributed by atoms with Crippen LogP contribution in [0.4, 0.5) is 4.39 Å². The Kier molecular flexibility index (Phi) is 5.47. The lowest BCUT2D eigenvalue weighted by Gasteiger charge is -2.36. The van der Waals surface area contributed by atoms with Gasteiger partial charge in [0.2, 0.25) is 0 Å². The monoisotopic (exact) mass is 324 g/mol. The van der Waals surface area contributed by atoms with Crippen molar-refractivity contribution < 1.29 is 9.13 Å². The highest BCUT2D eigenvalue weighted by Crippen LogP contribution is 2.35. The largest absolute Gasteiger partial charge is 0.481 e. The van der Waals surface area contributed by atoms with Crippen LogP contribution in [-0.2, 0) is 0 Å². The predicted octanol–water partition coefficient (Wildman–Crippen LogP) is 2.83. The van der Waals surface area contributed by atoms with Crippen LogP contribution < -0.4 is 10.1 Å². The Morgan fingerprint density at radius 2 is 1.83 bits per heavy atom. The van der Waals surface area contributed by atoms with Gasteiger partial charge < -0.3 is 10.1 Å². The van der Waals surface area contributed by atoms with Gasteiger partial charge in [0.15, 0.2) is 0 Å². The maximum Gasteiger partial charge on any atom is 0.148 e. The number of nitrogens with zero attached hydrogens (tertiary/aromatic N) is 1. The minimum atomic E-state index is -0.227. The molecule has 0 spiro atoms. The number of para-hydroxylation sites is 1. The zero-order valence-electron chi connectivity index (χ0n) is 13.5. The van der Waals surface area contributed by atoms with Gasteiger partial charge in [0.25, 0.3) is 0 Å². The molecule has 0 aromatic heterocycles. The number of rotatable bonds is 5. The van der Waals surface area contributed by atoms with Crippen LogP contribution in [-0.4, -0.2) is 37.7 Å². The molecule has 0 aliphatic carbocycles. The summed E-state index contributed by atoms with van der Waals surface area (Å²) in [7, 11) is 0. The fourth-order valence-electron chi connectivity index (χ4n) is 3.13. The summed E-state index contributed by atoms with van der Waals surface area (Å²) in [5.41, 5.74) is 2.11. The summed E-state index contributed by atoms with van der Waals surface area (Å²) < 4.78 is 19.1. The Morgan fingerprint density at radius 3 is 2.54 bits per heavy atom. The van der Waals surface area contributed by atoms with Gasteiger partial charge in [-0.1, -0.05) is 36.3 Å². The number of halogens is 1. The molecule has 1 N–H and O–H groups in total. The van der Waals surface area contributed by atoms with E-state index in [9.17, 15) is 4.39 Å². The number of hydrogen-bond acceptors (Lipinski definition) is 3. The van der Waals surface area contributed by atoms with E-state index < -0.39 is 0 Å². The normalized spacial score (nSPS) is 16.3. The average molecular weight is 324 g/mol. The van der Waals surface area contributed by atoms with Crippen LogP contribution in [0, 0.1) is 18.2 Å². The number of piperazine rings is 1. The summed E-state index contributed by atoms with van der Waals surface area (Å²) in [6, 6.07) is 14.7. The first-order chi connectivity index (χ1) is 11.8. The lowest BCUT2D eigenvalue weighted by Crippen LogP contribution is -2.45. The van der Waals surface area contributed by atoms with Gasteiger partial charge in [-0.05, 0) is 23.8 Å². The van der Waals surface area contributed by atoms with Crippen molar-refractivity contribution in [2.75, 3.05) is 32.8 Å². The van der Waals surface area contributed by atoms with Crippen LogP contribution in [0.5, 0.6) is 5.75 Å². The van der Waals surface area contributed by atoms with Gasteiger partial charge in [0.1, 0.15) is 18.2 Å². The van der Waals surface area contributed by atoms with Crippen molar-refractivity contribution in [2.45, 2.75) is 6.04 Å². The number of terminal acetylenes is 1. The van der Waals surface area contributed by atoms with Crippen molar-refractivity contribution in [3.05, 3.63) is 65.5 Å². The van der Waals surface area contributed by atoms with Crippen LogP contribution in [0.25, 0.3) is 0 Å². The summed E-state index contributed by atoms with van der Waals surface area (Å²) in [5, 5.41) is 3.37. The lowest BCUT2D eigenvalue weighted by atomic mass is 9.95. The standard InChI is InChI=1S/C20H21FN2O/c1-2-15-24-19-6-4-3-5-18(19)20(23-13-11-22-12-14-23)16-7-9-17(21)10-8-16/h1,3-10,20,22H,11-15H2. The SMILES string of the molecule is C#CCOc1ccccc1C(c1ccc(F)cc1)N1CCNCC1. The third kappa shape index (κ3) is 3.76. The predicted molar refractivity (Wildman–Crippen MR) is 93.5 cm³/mol. The van der Waals surface area contributed by atoms with E-state index in [2.05, 4.69) is 22.2 Å². The van der Waals surface area contributed by atoms with Gasteiger partial charge in [0, 0.05) is 31.7 Å². The highest BCUT2D eigenvalue weighted by Gasteiger charge is 2.26. The highest BCUT2D eigenvalue weighted by molar-refractivity contribution is 5.42. The Balaban J connectivity index is 2.01. The number of nitrogens with one attached hydrogen (secondary N) is 1. The van der Waals surface area contributed by atoms with E-state index in [4.69, 9.17) is 11.2 Å². The molecule has 1 heterocycles. The molecule has 24 heavy (non-hydrogen) atoms. The van der Waals surface area contributed by atoms with Gasteiger partial charge in [-0.2, -0.15) is 0 Å². The first-order valence-electron chi connectivity index (χ1n) is 8.15. The minimum Gasteiger partial charge on any atom is -0.481 e. The second-order valence-electron chi connectivity index (χ2n) is 5.77. The molecule has 1 aliphatic heterocycles. The fourth-order valence-corrected chi connectivity index (χ4v) is 3.13. The first-order valence-corrected chi connectivity index (χ1v) is 8.15. The van der Waals surface area contributed by atoms with Crippen molar-refractivity contribution in [1.82, 2.24) is 10.2 Å². The molecule has 1 unspecified atom stereocenters. The summed E-state index contributed by atoms with van der Waals surface area (Å²) in [5.74, 6) is 3.07. The van der Waals surface area contributed by atoms with Crippen LogP contribution in [0.3, 0.4) is 0 Å². The zero-order chi connectivity index (χ0) is 16.8. The van der Waals surface area contributed by atoms with E-state index in [1.165, 1.54) is 12.1 Å². The van der Waals surface area contributed by atoms with Gasteiger partial charge in [0.05, 0.1) is 6.04 Å². The fraction of sp³-hybridized carbons (Fsp3) is 0.300. The summed E-state index contributed by atoms with van der Waals surface area (Å²) in [4.78, 5) is 2.39. The van der Waals surface area contributed by atoms with Crippen molar-refractivity contribution >= 4 is 0 Å². The van der Waals surface area contributed by atoms with Crippen LogP contribution in [0.1, 0.15) is 17.2 Å². The Morgan fingerprint density at radius 1 is 1.12 bits per heavy atom. The molecule has 0 amide bonds. The highest BCUT2D eigenvalue weighted by atomic mass is 19.1. The molecule has 3 rings (SSSR count). The van der Waals surface area contributed by atoms with E-state index in [1.54, 1.807) is 0 Å². The molecule has 1 saturated heterocycles. The third-order valence-electron chi connectivity index (χ3n) is 4.23. The Bertz CT molecular complexity index is 702. The summed E-state index contributed by atoms with van der Waals surface area (Å²) in [6.07, 6.45) is 5.34. The quantitative estimate of drug-likeness (QED) is 0.856. The molecule has 1 atom stereocenters. The van der Waals surface area contributed by atoms with Crippen LogP contribution >= 0.6 is 0 Å². The first kappa shape index (κ1) is 16.5. The molecule has 124 valence electrons. The summed E-state index contributed by atoms with van der Waals surface area (Å²) in [6.45, 7) is 3.95. The Hall–Kier alpha value is -2.35. The minimum absolute atomic E-state index is 0.0154. The summed E-state index contributed by atoms with van der Waals surface area (Å²) >= 11 is 0. The molecule has 0 saturated carbocycles. The van der Waals surface area contributed by atoms with E-state index in [1.807, 2.05) is 30.3 Å². The van der Waals surface area contributed by atoms with Crippen molar-refractivity contribution in [1.29, 1.82) is 0 Å². The molecule has 1 aliphatic rings. The topological polar surface area (TPSA) is 24.5 Å². The molecule has 4 heteroatoms. The number of hydrogen-bond donors (Lipinski definition) is 1. The second kappa shape index (κ2) is 7.96. The maximum atomic E-state index is 13.4. The van der Waals surface area contributed by atoms with E-state index in [-0.39, 0.29) is 18.5 Å². The third-order valence-corrected chi connectivity index (χ3v) is 4.23. The molecule has 2 aromatic rings. The smallest absolute Gasteiger partial charge is 0.148 e. The van der Waals surface area contributed by atoms with Gasteiger partial charge in [-0.15, -0.1) is 6.42 Å². The van der Waals surface area contributed by atoms with E-state index >= 15 is 0 Å². The molecule has 1 fully saturated rings. The maximum absolute atomic E-state index is 13.4. The second-order valence-corrected chi connectivity index (χ2v) is 5.77. The average Bonchev–Trinajstić information content (AvgIpc) is 2.64. The molecule has 3 nitrogen and oxygen atoms in total. The van der Waals surface area contributed by atoms with Crippen molar-refractivity contribution in [3.63, 3.8) is 0 Å². The van der Waals surface area contributed by atoms with Crippen molar-refractivity contribution in [2.24, 2.45) is 0 Å². The molecular weight excluding hydrogens is 303 g/mol. The van der Waals surface area contributed by atoms with Crippen molar-refractivity contribution in [3.8, 4) is 18.1 Å². The van der Waals surface area contributed by atoms with E-state index in [0.717, 1.165) is 43.1 Å². The Labute approximate surface area is 142 Å². The number of ether oxygens (including phenoxy) is 1. The molecule has 0 bridgehead atoms. The number of benzene rings is 2. The molecule has 2 aromatic carbocycles. The van der Waals surface area contributed by atoms with E-state index in [0.29, 0.717) is 0 Å². The lowest BCUT2D eigenvalue weighted by molar-refractivity contribution is 0.194. The zero-order valence-corrected chi connectivity index (χ0v) is 13.5. The van der Waals surface area contributed by atoms with Crippen LogP contribution in [0.2, 0.25) is 0 Å². The molecule has 0 radical (unpaired) electrons. The molecular formula is C20H21FN2O. The van der Waals surface area contributed by atoms with Gasteiger partial charge in [-0.3, -0.25) is 4.90 Å². The van der Waals surface area contributed by atoms with Crippen LogP contribution in [0.15, 0.2) is 48.5 Å². The van der Waals surface area contributed by atoms with Gasteiger partial charge in [-0.25, -0.2) is 4.39 Å².